The lowest BCUT2D eigenvalue weighted by molar-refractivity contribution is 0.729. The van der Waals surface area contributed by atoms with Crippen molar-refractivity contribution in [2.24, 2.45) is 0 Å². The van der Waals surface area contributed by atoms with Crippen molar-refractivity contribution in [3.8, 4) is 0 Å². The van der Waals surface area contributed by atoms with Crippen LogP contribution >= 0.6 is 11.6 Å². The number of halogens is 1. The number of pyridine rings is 1. The molecule has 0 aliphatic rings. The Morgan fingerprint density at radius 3 is 2.68 bits per heavy atom. The van der Waals surface area contributed by atoms with Gasteiger partial charge in [0.15, 0.2) is 0 Å². The van der Waals surface area contributed by atoms with Crippen LogP contribution in [0.4, 0.5) is 11.5 Å². The highest BCUT2D eigenvalue weighted by molar-refractivity contribution is 6.30. The fraction of sp³-hybridized carbons (Fsp3) is 0.267. The molecule has 0 spiro atoms. The van der Waals surface area contributed by atoms with Crippen LogP contribution in [0.3, 0.4) is 0 Å². The van der Waals surface area contributed by atoms with E-state index in [0.717, 1.165) is 27.7 Å². The van der Waals surface area contributed by atoms with E-state index >= 15 is 0 Å². The Morgan fingerprint density at radius 1 is 1.32 bits per heavy atom. The minimum Gasteiger partial charge on any atom is -0.398 e. The molecule has 19 heavy (non-hydrogen) atoms. The molecular formula is C15H18ClN3. The maximum absolute atomic E-state index is 6.03. The summed E-state index contributed by atoms with van der Waals surface area (Å²) in [6.07, 6.45) is 1.80. The Hall–Kier alpha value is -1.74. The molecule has 0 saturated carbocycles. The smallest absolute Gasteiger partial charge is 0.130 e. The predicted molar refractivity (Wildman–Crippen MR) is 81.7 cm³/mol. The fourth-order valence-corrected chi connectivity index (χ4v) is 2.11. The third-order valence-electron chi connectivity index (χ3n) is 3.40. The summed E-state index contributed by atoms with van der Waals surface area (Å²) in [4.78, 5) is 6.51. The molecule has 0 fully saturated rings. The van der Waals surface area contributed by atoms with Crippen molar-refractivity contribution >= 4 is 23.1 Å². The summed E-state index contributed by atoms with van der Waals surface area (Å²) in [5.41, 5.74) is 8.84. The fourth-order valence-electron chi connectivity index (χ4n) is 1.91. The number of nitrogen functional groups attached to an aromatic ring is 1. The van der Waals surface area contributed by atoms with Crippen LogP contribution in [0.5, 0.6) is 0 Å². The SMILES string of the molecule is Cc1cnc(N(C)C(C)c2cccc(Cl)c2)cc1N. The highest BCUT2D eigenvalue weighted by Gasteiger charge is 2.14. The second-order valence-electron chi connectivity index (χ2n) is 4.74. The molecule has 0 aliphatic carbocycles. The molecule has 1 heterocycles. The van der Waals surface area contributed by atoms with Crippen molar-refractivity contribution in [2.75, 3.05) is 17.7 Å². The minimum atomic E-state index is 0.174. The van der Waals surface area contributed by atoms with Gasteiger partial charge in [0.25, 0.3) is 0 Å². The molecule has 2 rings (SSSR count). The van der Waals surface area contributed by atoms with Gasteiger partial charge < -0.3 is 10.6 Å². The molecule has 2 aromatic rings. The summed E-state index contributed by atoms with van der Waals surface area (Å²) in [5.74, 6) is 0.857. The van der Waals surface area contributed by atoms with Gasteiger partial charge in [-0.3, -0.25) is 0 Å². The summed E-state index contributed by atoms with van der Waals surface area (Å²) in [7, 11) is 2.00. The highest BCUT2D eigenvalue weighted by Crippen LogP contribution is 2.27. The quantitative estimate of drug-likeness (QED) is 0.926. The van der Waals surface area contributed by atoms with Gasteiger partial charge in [0.2, 0.25) is 0 Å². The third-order valence-corrected chi connectivity index (χ3v) is 3.64. The first-order valence-corrected chi connectivity index (χ1v) is 6.57. The van der Waals surface area contributed by atoms with E-state index in [2.05, 4.69) is 22.9 Å². The van der Waals surface area contributed by atoms with Crippen molar-refractivity contribution in [1.29, 1.82) is 0 Å². The van der Waals surface area contributed by atoms with E-state index in [4.69, 9.17) is 17.3 Å². The molecule has 1 unspecified atom stereocenters. The van der Waals surface area contributed by atoms with E-state index in [-0.39, 0.29) is 6.04 Å². The molecule has 1 aromatic carbocycles. The number of hydrogen-bond donors (Lipinski definition) is 1. The molecule has 0 radical (unpaired) electrons. The van der Waals surface area contributed by atoms with Gasteiger partial charge in [-0.05, 0) is 37.1 Å². The van der Waals surface area contributed by atoms with Crippen LogP contribution < -0.4 is 10.6 Å². The van der Waals surface area contributed by atoms with Crippen molar-refractivity contribution in [2.45, 2.75) is 19.9 Å². The Balaban J connectivity index is 2.27. The van der Waals surface area contributed by atoms with Gasteiger partial charge >= 0.3 is 0 Å². The minimum absolute atomic E-state index is 0.174. The van der Waals surface area contributed by atoms with Crippen molar-refractivity contribution < 1.29 is 0 Å². The number of aromatic nitrogens is 1. The Morgan fingerprint density at radius 2 is 2.05 bits per heavy atom. The van der Waals surface area contributed by atoms with Crippen LogP contribution in [0.15, 0.2) is 36.5 Å². The van der Waals surface area contributed by atoms with Gasteiger partial charge in [-0.2, -0.15) is 0 Å². The van der Waals surface area contributed by atoms with Crippen molar-refractivity contribution in [3.63, 3.8) is 0 Å². The number of benzene rings is 1. The van der Waals surface area contributed by atoms with Gasteiger partial charge in [-0.1, -0.05) is 23.7 Å². The van der Waals surface area contributed by atoms with Crippen LogP contribution in [0.2, 0.25) is 5.02 Å². The second-order valence-corrected chi connectivity index (χ2v) is 5.18. The molecular weight excluding hydrogens is 258 g/mol. The summed E-state index contributed by atoms with van der Waals surface area (Å²) >= 11 is 6.03. The average Bonchev–Trinajstić information content (AvgIpc) is 2.40. The van der Waals surface area contributed by atoms with E-state index in [1.807, 2.05) is 38.2 Å². The zero-order valence-corrected chi connectivity index (χ0v) is 12.1. The number of anilines is 2. The maximum atomic E-state index is 6.03. The number of nitrogens with zero attached hydrogens (tertiary/aromatic N) is 2. The molecule has 100 valence electrons. The number of hydrogen-bond acceptors (Lipinski definition) is 3. The van der Waals surface area contributed by atoms with Crippen molar-refractivity contribution in [1.82, 2.24) is 4.98 Å². The summed E-state index contributed by atoms with van der Waals surface area (Å²) in [6, 6.07) is 9.94. The molecule has 0 aliphatic heterocycles. The topological polar surface area (TPSA) is 42.2 Å². The van der Waals surface area contributed by atoms with Crippen molar-refractivity contribution in [3.05, 3.63) is 52.7 Å². The molecule has 0 bridgehead atoms. The Kier molecular flexibility index (Phi) is 3.96. The predicted octanol–water partition coefficient (Wildman–Crippen LogP) is 3.82. The Labute approximate surface area is 119 Å². The van der Waals surface area contributed by atoms with Crippen LogP contribution in [0.1, 0.15) is 24.1 Å². The van der Waals surface area contributed by atoms with Gasteiger partial charge in [0.1, 0.15) is 5.82 Å². The van der Waals surface area contributed by atoms with Crippen LogP contribution in [-0.2, 0) is 0 Å². The van der Waals surface area contributed by atoms with E-state index in [1.165, 1.54) is 0 Å². The van der Waals surface area contributed by atoms with E-state index in [1.54, 1.807) is 6.20 Å². The summed E-state index contributed by atoms with van der Waals surface area (Å²) in [5, 5.41) is 0.745. The van der Waals surface area contributed by atoms with Crippen LogP contribution in [-0.4, -0.2) is 12.0 Å². The maximum Gasteiger partial charge on any atom is 0.130 e. The molecule has 1 atom stereocenters. The largest absolute Gasteiger partial charge is 0.398 e. The van der Waals surface area contributed by atoms with Gasteiger partial charge in [-0.15, -0.1) is 0 Å². The third kappa shape index (κ3) is 2.99. The molecule has 4 heteroatoms. The van der Waals surface area contributed by atoms with E-state index in [0.29, 0.717) is 0 Å². The molecule has 1 aromatic heterocycles. The number of aryl methyl sites for hydroxylation is 1. The second kappa shape index (κ2) is 5.49. The monoisotopic (exact) mass is 275 g/mol. The number of nitrogens with two attached hydrogens (primary N) is 1. The lowest BCUT2D eigenvalue weighted by atomic mass is 10.1. The van der Waals surface area contributed by atoms with E-state index in [9.17, 15) is 0 Å². The van der Waals surface area contributed by atoms with Crippen LogP contribution in [0.25, 0.3) is 0 Å². The Bertz CT molecular complexity index is 583. The standard InChI is InChI=1S/C15H18ClN3/c1-10-9-18-15(8-14(10)17)19(3)11(2)12-5-4-6-13(16)7-12/h4-9,11H,1-3H3,(H2,17,18). The van der Waals surface area contributed by atoms with E-state index < -0.39 is 0 Å². The summed E-state index contributed by atoms with van der Waals surface area (Å²) in [6.45, 7) is 4.07. The average molecular weight is 276 g/mol. The van der Waals surface area contributed by atoms with Gasteiger partial charge in [0.05, 0.1) is 6.04 Å². The molecule has 2 N–H and O–H groups in total. The lowest BCUT2D eigenvalue weighted by Gasteiger charge is -2.26. The normalized spacial score (nSPS) is 12.2. The molecule has 0 amide bonds. The summed E-state index contributed by atoms with van der Waals surface area (Å²) < 4.78 is 0. The first kappa shape index (κ1) is 13.7. The zero-order valence-electron chi connectivity index (χ0n) is 11.4. The lowest BCUT2D eigenvalue weighted by Crippen LogP contribution is -2.22. The molecule has 3 nitrogen and oxygen atoms in total. The highest BCUT2D eigenvalue weighted by atomic mass is 35.5. The molecule has 0 saturated heterocycles. The first-order chi connectivity index (χ1) is 8.99. The zero-order chi connectivity index (χ0) is 14.0. The number of rotatable bonds is 3. The first-order valence-electron chi connectivity index (χ1n) is 6.19. The van der Waals surface area contributed by atoms with Gasteiger partial charge in [-0.25, -0.2) is 4.98 Å². The van der Waals surface area contributed by atoms with Gasteiger partial charge in [0, 0.05) is 30.0 Å². The van der Waals surface area contributed by atoms with Crippen LogP contribution in [0, 0.1) is 6.92 Å².